The lowest BCUT2D eigenvalue weighted by atomic mass is 9.29. The molecule has 14 rings (SSSR count). The van der Waals surface area contributed by atoms with E-state index in [2.05, 4.69) is 161 Å². The van der Waals surface area contributed by atoms with Crippen molar-refractivity contribution >= 4 is 114 Å². The summed E-state index contributed by atoms with van der Waals surface area (Å²) in [6.45, 7) is -0.308. The summed E-state index contributed by atoms with van der Waals surface area (Å²) in [7, 11) is 0. The molecule has 0 fully saturated rings. The average Bonchev–Trinajstić information content (AvgIpc) is 3.66. The number of hydrogen-bond acceptors (Lipinski definition) is 3. The van der Waals surface area contributed by atoms with Crippen LogP contribution in [0, 0.1) is 11.6 Å². The van der Waals surface area contributed by atoms with Crippen molar-refractivity contribution in [3.63, 3.8) is 0 Å². The zero-order chi connectivity index (χ0) is 40.8. The van der Waals surface area contributed by atoms with Crippen molar-refractivity contribution in [1.82, 2.24) is 4.57 Å². The maximum atomic E-state index is 16.9. The standard InChI is InChI=1S/C54H31B2F2N3S/c57-39-24-15-25-40(58)51(39)61-44-29-12-7-22-37(44)55-35-20-5-10-27-42(35)60-43-28-11-6-21-36(43)56-38-23-8-13-31-46(38)62-54-48(52(61)49(55)53(60)50(54)56)34-19-14-30-45-47(34)33-18-4-9-26-41(33)59(45)32-16-2-1-3-17-32/h1-31H. The van der Waals surface area contributed by atoms with Crippen molar-refractivity contribution in [2.45, 2.75) is 9.79 Å². The SMILES string of the molecule is Fc1cccc(F)c1N1c2ccccc2B2c3ccccc3N3c4ccccc4B4c5ccccc5Sc5c4c3c2c1c5-c1cccc2c1c1ccccc1n2-c1ccccc1. The quantitative estimate of drug-likeness (QED) is 0.165. The Morgan fingerprint density at radius 1 is 0.419 bits per heavy atom. The highest BCUT2D eigenvalue weighted by atomic mass is 32.2. The summed E-state index contributed by atoms with van der Waals surface area (Å²) in [6.07, 6.45) is 0. The summed E-state index contributed by atoms with van der Waals surface area (Å²) in [5, 5.41) is 2.20. The Morgan fingerprint density at radius 2 is 0.968 bits per heavy atom. The lowest BCUT2D eigenvalue weighted by molar-refractivity contribution is 0.586. The highest BCUT2D eigenvalue weighted by molar-refractivity contribution is 8.00. The molecule has 10 aromatic rings. The van der Waals surface area contributed by atoms with E-state index >= 15 is 8.78 Å². The molecule has 8 heteroatoms. The van der Waals surface area contributed by atoms with E-state index in [9.17, 15) is 0 Å². The van der Waals surface area contributed by atoms with E-state index in [0.717, 1.165) is 88.3 Å². The number of para-hydroxylation sites is 6. The van der Waals surface area contributed by atoms with Gasteiger partial charge in [-0.2, -0.15) is 0 Å². The van der Waals surface area contributed by atoms with Crippen molar-refractivity contribution in [3.05, 3.63) is 200 Å². The Balaban J connectivity index is 1.24. The van der Waals surface area contributed by atoms with Gasteiger partial charge in [0, 0.05) is 54.6 Å². The fourth-order valence-corrected chi connectivity index (χ4v) is 12.6. The number of hydrogen-bond donors (Lipinski definition) is 0. The second-order valence-electron chi connectivity index (χ2n) is 16.5. The van der Waals surface area contributed by atoms with E-state index in [0.29, 0.717) is 0 Å². The van der Waals surface area contributed by atoms with Gasteiger partial charge in [-0.1, -0.05) is 145 Å². The summed E-state index contributed by atoms with van der Waals surface area (Å²) in [5.74, 6) is -1.23. The monoisotopic (exact) mass is 813 g/mol. The summed E-state index contributed by atoms with van der Waals surface area (Å²) in [6, 6.07) is 64.5. The van der Waals surface area contributed by atoms with Gasteiger partial charge >= 0.3 is 0 Å². The van der Waals surface area contributed by atoms with Gasteiger partial charge in [-0.25, -0.2) is 8.78 Å². The predicted octanol–water partition coefficient (Wildman–Crippen LogP) is 10.1. The molecular weight excluding hydrogens is 782 g/mol. The van der Waals surface area contributed by atoms with Gasteiger partial charge in [0.1, 0.15) is 17.3 Å². The Labute approximate surface area is 361 Å². The lowest BCUT2D eigenvalue weighted by Gasteiger charge is -2.50. The second kappa shape index (κ2) is 12.6. The molecule has 0 unspecified atom stereocenters. The van der Waals surface area contributed by atoms with Crippen LogP contribution in [0.3, 0.4) is 0 Å². The van der Waals surface area contributed by atoms with Crippen molar-refractivity contribution in [2.24, 2.45) is 0 Å². The van der Waals surface area contributed by atoms with E-state index < -0.39 is 11.6 Å². The first-order valence-corrected chi connectivity index (χ1v) is 21.9. The first-order valence-electron chi connectivity index (χ1n) is 21.1. The van der Waals surface area contributed by atoms with Gasteiger partial charge in [0.2, 0.25) is 6.71 Å². The molecule has 0 radical (unpaired) electrons. The number of halogens is 2. The number of rotatable bonds is 3. The van der Waals surface area contributed by atoms with Gasteiger partial charge in [0.05, 0.1) is 16.7 Å². The fourth-order valence-electron chi connectivity index (χ4n) is 11.3. The third-order valence-electron chi connectivity index (χ3n) is 13.5. The molecule has 0 atom stereocenters. The third kappa shape index (κ3) is 4.37. The van der Waals surface area contributed by atoms with Gasteiger partial charge in [0.25, 0.3) is 6.71 Å². The van der Waals surface area contributed by atoms with Crippen LogP contribution < -0.4 is 42.6 Å². The maximum absolute atomic E-state index is 16.9. The first-order chi connectivity index (χ1) is 30.7. The molecule has 0 saturated carbocycles. The largest absolute Gasteiger partial charge is 0.312 e. The van der Waals surface area contributed by atoms with E-state index in [1.807, 2.05) is 23.1 Å². The molecule has 0 amide bonds. The van der Waals surface area contributed by atoms with E-state index in [-0.39, 0.29) is 19.1 Å². The van der Waals surface area contributed by atoms with Crippen molar-refractivity contribution < 1.29 is 8.78 Å². The lowest BCUT2D eigenvalue weighted by Crippen LogP contribution is -2.68. The normalized spacial score (nSPS) is 13.8. The topological polar surface area (TPSA) is 11.4 Å². The first kappa shape index (κ1) is 34.4. The van der Waals surface area contributed by atoms with Crippen molar-refractivity contribution in [1.29, 1.82) is 0 Å². The van der Waals surface area contributed by atoms with E-state index in [1.54, 1.807) is 11.8 Å². The van der Waals surface area contributed by atoms with Crippen LogP contribution in [0.4, 0.5) is 42.9 Å². The minimum atomic E-state index is -0.615. The molecule has 9 aromatic carbocycles. The Morgan fingerprint density at radius 3 is 1.68 bits per heavy atom. The van der Waals surface area contributed by atoms with Gasteiger partial charge in [-0.05, 0) is 93.5 Å². The summed E-state index contributed by atoms with van der Waals surface area (Å²) in [4.78, 5) is 6.66. The molecule has 4 aliphatic rings. The Kier molecular flexibility index (Phi) is 7.02. The van der Waals surface area contributed by atoms with Gasteiger partial charge in [-0.3, -0.25) is 0 Å². The highest BCUT2D eigenvalue weighted by Crippen LogP contribution is 2.55. The maximum Gasteiger partial charge on any atom is 0.252 e. The van der Waals surface area contributed by atoms with Crippen LogP contribution in [0.2, 0.25) is 0 Å². The molecule has 4 aliphatic heterocycles. The molecule has 288 valence electrons. The molecule has 3 nitrogen and oxygen atoms in total. The second-order valence-corrected chi connectivity index (χ2v) is 17.6. The van der Waals surface area contributed by atoms with E-state index in [4.69, 9.17) is 0 Å². The summed E-state index contributed by atoms with van der Waals surface area (Å²) >= 11 is 1.78. The fraction of sp³-hybridized carbons (Fsp3) is 0. The number of aromatic nitrogens is 1. The smallest absolute Gasteiger partial charge is 0.252 e. The average molecular weight is 814 g/mol. The molecule has 0 spiro atoms. The number of benzene rings is 9. The zero-order valence-electron chi connectivity index (χ0n) is 33.1. The number of nitrogens with zero attached hydrogens (tertiary/aromatic N) is 3. The van der Waals surface area contributed by atoms with Crippen molar-refractivity contribution in [3.8, 4) is 16.8 Å². The third-order valence-corrected chi connectivity index (χ3v) is 14.8. The molecule has 5 heterocycles. The Hall–Kier alpha value is -7.28. The van der Waals surface area contributed by atoms with Crippen LogP contribution in [0.25, 0.3) is 38.6 Å². The van der Waals surface area contributed by atoms with Crippen LogP contribution in [0.1, 0.15) is 0 Å². The van der Waals surface area contributed by atoms with Crippen LogP contribution in [-0.4, -0.2) is 18.0 Å². The molecule has 62 heavy (non-hydrogen) atoms. The highest BCUT2D eigenvalue weighted by Gasteiger charge is 2.52. The van der Waals surface area contributed by atoms with Gasteiger partial charge in [-0.15, -0.1) is 0 Å². The zero-order valence-corrected chi connectivity index (χ0v) is 33.9. The van der Waals surface area contributed by atoms with Gasteiger partial charge < -0.3 is 14.4 Å². The van der Waals surface area contributed by atoms with Gasteiger partial charge in [0.15, 0.2) is 0 Å². The summed E-state index contributed by atoms with van der Waals surface area (Å²) < 4.78 is 36.2. The molecule has 0 saturated heterocycles. The number of fused-ring (bicyclic) bond motifs is 13. The minimum Gasteiger partial charge on any atom is -0.312 e. The predicted molar refractivity (Wildman–Crippen MR) is 255 cm³/mol. The molecule has 1 aromatic heterocycles. The minimum absolute atomic E-state index is 0.0821. The van der Waals surface area contributed by atoms with Crippen LogP contribution in [-0.2, 0) is 0 Å². The van der Waals surface area contributed by atoms with Crippen LogP contribution in [0.5, 0.6) is 0 Å². The molecular formula is C54H31B2F2N3S. The summed E-state index contributed by atoms with van der Waals surface area (Å²) in [5.41, 5.74) is 17.0. The number of anilines is 6. The molecule has 0 N–H and O–H groups in total. The van der Waals surface area contributed by atoms with Crippen LogP contribution in [0.15, 0.2) is 198 Å². The van der Waals surface area contributed by atoms with E-state index in [1.165, 1.54) is 39.5 Å². The van der Waals surface area contributed by atoms with Crippen LogP contribution >= 0.6 is 11.8 Å². The molecule has 0 aliphatic carbocycles. The van der Waals surface area contributed by atoms with Crippen molar-refractivity contribution in [2.75, 3.05) is 9.80 Å². The Bertz CT molecular complexity index is 3560. The molecule has 0 bridgehead atoms.